The summed E-state index contributed by atoms with van der Waals surface area (Å²) >= 11 is 5.80. The summed E-state index contributed by atoms with van der Waals surface area (Å²) in [5.74, 6) is 2.78. The molecule has 4 fully saturated rings. The molecule has 1 nitrogen and oxygen atoms in total. The monoisotopic (exact) mass is 330 g/mol. The van der Waals surface area contributed by atoms with Crippen LogP contribution in [-0.2, 0) is 11.8 Å². The lowest BCUT2D eigenvalue weighted by Gasteiger charge is -2.57. The van der Waals surface area contributed by atoms with E-state index in [0.717, 1.165) is 24.2 Å². The van der Waals surface area contributed by atoms with Gasteiger partial charge in [0.15, 0.2) is 0 Å². The Kier molecular flexibility index (Phi) is 4.04. The van der Waals surface area contributed by atoms with Crippen LogP contribution in [0.3, 0.4) is 0 Å². The number of carbonyl (C=O) groups excluding carboxylic acids is 1. The molecule has 1 aromatic carbocycles. The summed E-state index contributed by atoms with van der Waals surface area (Å²) in [4.78, 5) is 11.7. The zero-order valence-corrected chi connectivity index (χ0v) is 14.9. The number of carbonyl (C=O) groups is 1. The molecule has 0 saturated heterocycles. The van der Waals surface area contributed by atoms with Gasteiger partial charge >= 0.3 is 0 Å². The zero-order valence-electron chi connectivity index (χ0n) is 14.1. The molecule has 4 aliphatic rings. The van der Waals surface area contributed by atoms with Crippen LogP contribution in [-0.4, -0.2) is 5.24 Å². The molecule has 0 unspecified atom stereocenters. The summed E-state index contributed by atoms with van der Waals surface area (Å²) in [6.07, 6.45) is 12.0. The molecule has 23 heavy (non-hydrogen) atoms. The van der Waals surface area contributed by atoms with Gasteiger partial charge in [0.25, 0.3) is 5.24 Å². The van der Waals surface area contributed by atoms with Crippen LogP contribution in [0.2, 0.25) is 0 Å². The van der Waals surface area contributed by atoms with Crippen molar-refractivity contribution in [2.24, 2.45) is 17.8 Å². The Morgan fingerprint density at radius 2 is 1.74 bits per heavy atom. The predicted molar refractivity (Wildman–Crippen MR) is 95.1 cm³/mol. The van der Waals surface area contributed by atoms with Crippen LogP contribution in [0.1, 0.15) is 79.8 Å². The first-order valence-electron chi connectivity index (χ1n) is 9.43. The maximum atomic E-state index is 11.7. The molecular formula is C21H27ClO. The molecular weight excluding hydrogens is 304 g/mol. The molecule has 4 aliphatic carbocycles. The lowest BCUT2D eigenvalue weighted by molar-refractivity contribution is -0.00560. The fraction of sp³-hybridized carbons (Fsp3) is 0.667. The first kappa shape index (κ1) is 15.7. The molecule has 0 amide bonds. The Labute approximate surface area is 144 Å². The van der Waals surface area contributed by atoms with Crippen LogP contribution in [0.25, 0.3) is 0 Å². The second kappa shape index (κ2) is 5.92. The minimum absolute atomic E-state index is 0.307. The van der Waals surface area contributed by atoms with Gasteiger partial charge in [-0.15, -0.1) is 0 Å². The van der Waals surface area contributed by atoms with Crippen LogP contribution in [0, 0.1) is 17.8 Å². The number of aryl methyl sites for hydroxylation is 1. The van der Waals surface area contributed by atoms with E-state index in [1.165, 1.54) is 62.5 Å². The average molecular weight is 331 g/mol. The normalized spacial score (nSPS) is 34.8. The number of rotatable bonds is 5. The minimum atomic E-state index is -0.307. The average Bonchev–Trinajstić information content (AvgIpc) is 2.51. The van der Waals surface area contributed by atoms with Crippen molar-refractivity contribution in [1.82, 2.24) is 0 Å². The lowest BCUT2D eigenvalue weighted by atomic mass is 9.47. The summed E-state index contributed by atoms with van der Waals surface area (Å²) in [7, 11) is 0. The topological polar surface area (TPSA) is 17.1 Å². The van der Waals surface area contributed by atoms with Gasteiger partial charge in [-0.1, -0.05) is 19.4 Å². The van der Waals surface area contributed by atoms with E-state index in [9.17, 15) is 4.79 Å². The van der Waals surface area contributed by atoms with Crippen molar-refractivity contribution in [3.05, 3.63) is 34.9 Å². The first-order chi connectivity index (χ1) is 11.1. The molecule has 0 aliphatic heterocycles. The van der Waals surface area contributed by atoms with Crippen molar-refractivity contribution in [2.75, 3.05) is 0 Å². The van der Waals surface area contributed by atoms with Crippen molar-refractivity contribution >= 4 is 16.8 Å². The fourth-order valence-corrected chi connectivity index (χ4v) is 6.34. The maximum Gasteiger partial charge on any atom is 0.252 e. The van der Waals surface area contributed by atoms with Crippen LogP contribution in [0.15, 0.2) is 18.2 Å². The number of hydrogen-bond acceptors (Lipinski definition) is 1. The first-order valence-corrected chi connectivity index (χ1v) is 9.80. The molecule has 1 aromatic rings. The summed E-state index contributed by atoms with van der Waals surface area (Å²) in [6, 6.07) is 6.29. The number of unbranched alkanes of at least 4 members (excludes halogenated alkanes) is 1. The fourth-order valence-electron chi connectivity index (χ4n) is 6.22. The smallest absolute Gasteiger partial charge is 0.252 e. The van der Waals surface area contributed by atoms with Gasteiger partial charge in [0, 0.05) is 5.56 Å². The summed E-state index contributed by atoms with van der Waals surface area (Å²) in [5.41, 5.74) is 4.00. The third kappa shape index (κ3) is 2.76. The van der Waals surface area contributed by atoms with Gasteiger partial charge < -0.3 is 0 Å². The van der Waals surface area contributed by atoms with Gasteiger partial charge in [-0.3, -0.25) is 4.79 Å². The molecule has 4 bridgehead atoms. The van der Waals surface area contributed by atoms with Crippen molar-refractivity contribution in [2.45, 2.75) is 70.1 Å². The third-order valence-electron chi connectivity index (χ3n) is 6.75. The van der Waals surface area contributed by atoms with Crippen LogP contribution in [0.4, 0.5) is 0 Å². The molecule has 2 heteroatoms. The Bertz CT molecular complexity index is 583. The van der Waals surface area contributed by atoms with Gasteiger partial charge in [0.05, 0.1) is 0 Å². The highest BCUT2D eigenvalue weighted by molar-refractivity contribution is 6.67. The lowest BCUT2D eigenvalue weighted by Crippen LogP contribution is -2.49. The van der Waals surface area contributed by atoms with Gasteiger partial charge in [-0.2, -0.15) is 0 Å². The standard InChI is InChI=1S/C21H27ClO/c1-2-3-4-17-5-6-18(20(22)23)10-19(17)21-11-14-7-15(12-21)9-16(8-14)13-21/h5-6,10,14-16H,2-4,7-9,11-13H2,1H3. The molecule has 124 valence electrons. The highest BCUT2D eigenvalue weighted by atomic mass is 35.5. The Morgan fingerprint density at radius 1 is 1.13 bits per heavy atom. The van der Waals surface area contributed by atoms with E-state index in [1.807, 2.05) is 6.07 Å². The Morgan fingerprint density at radius 3 is 2.26 bits per heavy atom. The molecule has 0 atom stereocenters. The van der Waals surface area contributed by atoms with Gasteiger partial charge in [-0.05, 0) is 109 Å². The number of halogens is 1. The minimum Gasteiger partial charge on any atom is -0.276 e. The Hall–Kier alpha value is -0.820. The highest BCUT2D eigenvalue weighted by Gasteiger charge is 2.52. The Balaban J connectivity index is 1.76. The van der Waals surface area contributed by atoms with E-state index in [2.05, 4.69) is 19.1 Å². The second-order valence-corrected chi connectivity index (χ2v) is 8.79. The summed E-state index contributed by atoms with van der Waals surface area (Å²) in [5, 5.41) is -0.307. The predicted octanol–water partition coefficient (Wildman–Crippen LogP) is 5.88. The quantitative estimate of drug-likeness (QED) is 0.616. The molecule has 0 radical (unpaired) electrons. The van der Waals surface area contributed by atoms with E-state index in [0.29, 0.717) is 11.0 Å². The van der Waals surface area contributed by atoms with E-state index >= 15 is 0 Å². The number of benzene rings is 1. The van der Waals surface area contributed by atoms with Crippen molar-refractivity contribution in [3.63, 3.8) is 0 Å². The second-order valence-electron chi connectivity index (χ2n) is 8.45. The largest absolute Gasteiger partial charge is 0.276 e. The highest BCUT2D eigenvalue weighted by Crippen LogP contribution is 2.61. The van der Waals surface area contributed by atoms with E-state index < -0.39 is 0 Å². The van der Waals surface area contributed by atoms with Crippen molar-refractivity contribution in [1.29, 1.82) is 0 Å². The summed E-state index contributed by atoms with van der Waals surface area (Å²) < 4.78 is 0. The van der Waals surface area contributed by atoms with Gasteiger partial charge in [0.2, 0.25) is 0 Å². The van der Waals surface area contributed by atoms with Gasteiger partial charge in [-0.25, -0.2) is 0 Å². The molecule has 5 rings (SSSR count). The van der Waals surface area contributed by atoms with E-state index in [1.54, 1.807) is 0 Å². The van der Waals surface area contributed by atoms with Crippen molar-refractivity contribution < 1.29 is 4.79 Å². The number of hydrogen-bond donors (Lipinski definition) is 0. The van der Waals surface area contributed by atoms with Gasteiger partial charge in [0.1, 0.15) is 0 Å². The maximum absolute atomic E-state index is 11.7. The van der Waals surface area contributed by atoms with Crippen LogP contribution in [0.5, 0.6) is 0 Å². The molecule has 4 saturated carbocycles. The SMILES string of the molecule is CCCCc1ccc(C(=O)Cl)cc1C12CC3CC(CC(C3)C1)C2. The molecule has 0 N–H and O–H groups in total. The third-order valence-corrected chi connectivity index (χ3v) is 6.96. The summed E-state index contributed by atoms with van der Waals surface area (Å²) in [6.45, 7) is 2.25. The molecule has 0 spiro atoms. The molecule has 0 aromatic heterocycles. The zero-order chi connectivity index (χ0) is 16.0. The van der Waals surface area contributed by atoms with Crippen LogP contribution >= 0.6 is 11.6 Å². The van der Waals surface area contributed by atoms with E-state index in [-0.39, 0.29) is 5.24 Å². The van der Waals surface area contributed by atoms with Crippen molar-refractivity contribution in [3.8, 4) is 0 Å². The molecule has 0 heterocycles. The van der Waals surface area contributed by atoms with E-state index in [4.69, 9.17) is 11.6 Å². The van der Waals surface area contributed by atoms with Crippen LogP contribution < -0.4 is 0 Å².